The molecule has 1 rings (SSSR count). The number of unbranched alkanes of at least 4 members (excludes halogenated alkanes) is 1. The van der Waals surface area contributed by atoms with Crippen molar-refractivity contribution in [2.24, 2.45) is 0 Å². The molecular weight excluding hydrogens is 180 g/mol. The number of aromatic nitrogens is 1. The SMILES string of the molecule is CCCCNC(=O)CCc1cocn1. The van der Waals surface area contributed by atoms with Gasteiger partial charge in [-0.25, -0.2) is 4.98 Å². The Balaban J connectivity index is 2.09. The third kappa shape index (κ3) is 4.07. The topological polar surface area (TPSA) is 55.1 Å². The smallest absolute Gasteiger partial charge is 0.220 e. The maximum Gasteiger partial charge on any atom is 0.220 e. The van der Waals surface area contributed by atoms with E-state index in [4.69, 9.17) is 4.42 Å². The summed E-state index contributed by atoms with van der Waals surface area (Å²) in [5.41, 5.74) is 0.829. The molecule has 0 aliphatic rings. The lowest BCUT2D eigenvalue weighted by molar-refractivity contribution is -0.121. The van der Waals surface area contributed by atoms with E-state index in [1.807, 2.05) is 0 Å². The fourth-order valence-corrected chi connectivity index (χ4v) is 1.10. The molecule has 0 atom stereocenters. The van der Waals surface area contributed by atoms with E-state index in [2.05, 4.69) is 17.2 Å². The molecule has 0 bridgehead atoms. The summed E-state index contributed by atoms with van der Waals surface area (Å²) >= 11 is 0. The zero-order valence-corrected chi connectivity index (χ0v) is 8.45. The molecule has 0 aliphatic heterocycles. The van der Waals surface area contributed by atoms with E-state index in [0.29, 0.717) is 12.8 Å². The van der Waals surface area contributed by atoms with Crippen LogP contribution in [0.5, 0.6) is 0 Å². The van der Waals surface area contributed by atoms with Crippen molar-refractivity contribution in [1.29, 1.82) is 0 Å². The first-order valence-corrected chi connectivity index (χ1v) is 4.96. The van der Waals surface area contributed by atoms with Gasteiger partial charge in [-0.05, 0) is 6.42 Å². The Kier molecular flexibility index (Phi) is 4.75. The van der Waals surface area contributed by atoms with Gasteiger partial charge in [0.15, 0.2) is 6.39 Å². The predicted molar refractivity (Wildman–Crippen MR) is 52.7 cm³/mol. The first kappa shape index (κ1) is 10.8. The third-order valence-electron chi connectivity index (χ3n) is 1.94. The van der Waals surface area contributed by atoms with Gasteiger partial charge >= 0.3 is 0 Å². The first-order chi connectivity index (χ1) is 6.83. The summed E-state index contributed by atoms with van der Waals surface area (Å²) in [5, 5.41) is 2.85. The molecule has 1 aromatic rings. The van der Waals surface area contributed by atoms with Crippen molar-refractivity contribution >= 4 is 5.91 Å². The van der Waals surface area contributed by atoms with E-state index >= 15 is 0 Å². The molecule has 14 heavy (non-hydrogen) atoms. The van der Waals surface area contributed by atoms with Crippen LogP contribution in [0.2, 0.25) is 0 Å². The molecule has 0 aliphatic carbocycles. The van der Waals surface area contributed by atoms with Crippen molar-refractivity contribution in [3.63, 3.8) is 0 Å². The van der Waals surface area contributed by atoms with Crippen LogP contribution >= 0.6 is 0 Å². The molecule has 0 aromatic carbocycles. The van der Waals surface area contributed by atoms with Crippen molar-refractivity contribution in [3.05, 3.63) is 18.4 Å². The Bertz CT molecular complexity index is 257. The highest BCUT2D eigenvalue weighted by Gasteiger charge is 2.02. The highest BCUT2D eigenvalue weighted by atomic mass is 16.3. The molecule has 1 N–H and O–H groups in total. The summed E-state index contributed by atoms with van der Waals surface area (Å²) in [6, 6.07) is 0. The van der Waals surface area contributed by atoms with Crippen LogP contribution in [0.3, 0.4) is 0 Å². The van der Waals surface area contributed by atoms with Crippen LogP contribution in [0.15, 0.2) is 17.1 Å². The van der Waals surface area contributed by atoms with Gasteiger partial charge in [-0.15, -0.1) is 0 Å². The van der Waals surface area contributed by atoms with Crippen molar-refractivity contribution in [2.75, 3.05) is 6.54 Å². The lowest BCUT2D eigenvalue weighted by Crippen LogP contribution is -2.24. The van der Waals surface area contributed by atoms with Crippen LogP contribution in [0.1, 0.15) is 31.9 Å². The molecule has 0 spiro atoms. The number of rotatable bonds is 6. The van der Waals surface area contributed by atoms with Gasteiger partial charge in [-0.3, -0.25) is 4.79 Å². The predicted octanol–water partition coefficient (Wildman–Crippen LogP) is 1.52. The standard InChI is InChI=1S/C10H16N2O2/c1-2-3-6-11-10(13)5-4-9-7-14-8-12-9/h7-8H,2-6H2,1H3,(H,11,13). The minimum atomic E-state index is 0.0847. The number of amides is 1. The van der Waals surface area contributed by atoms with Crippen molar-refractivity contribution in [2.45, 2.75) is 32.6 Å². The number of carbonyl (C=O) groups is 1. The molecule has 0 fully saturated rings. The lowest BCUT2D eigenvalue weighted by atomic mass is 10.2. The quantitative estimate of drug-likeness (QED) is 0.702. The molecule has 78 valence electrons. The molecule has 0 saturated carbocycles. The number of nitrogens with zero attached hydrogens (tertiary/aromatic N) is 1. The van der Waals surface area contributed by atoms with Crippen molar-refractivity contribution < 1.29 is 9.21 Å². The second-order valence-electron chi connectivity index (χ2n) is 3.18. The number of carbonyl (C=O) groups excluding carboxylic acids is 1. The Labute approximate surface area is 83.7 Å². The van der Waals surface area contributed by atoms with Gasteiger partial charge < -0.3 is 9.73 Å². The minimum Gasteiger partial charge on any atom is -0.451 e. The molecule has 1 amide bonds. The molecule has 1 heterocycles. The van der Waals surface area contributed by atoms with Gasteiger partial charge in [0.25, 0.3) is 0 Å². The average Bonchev–Trinajstić information content (AvgIpc) is 2.68. The Morgan fingerprint density at radius 1 is 1.64 bits per heavy atom. The molecule has 4 nitrogen and oxygen atoms in total. The molecule has 4 heteroatoms. The van der Waals surface area contributed by atoms with E-state index in [9.17, 15) is 4.79 Å². The van der Waals surface area contributed by atoms with Crippen LogP contribution in [0.4, 0.5) is 0 Å². The largest absolute Gasteiger partial charge is 0.451 e. The number of hydrogen-bond acceptors (Lipinski definition) is 3. The normalized spacial score (nSPS) is 10.1. The maximum atomic E-state index is 11.2. The summed E-state index contributed by atoms with van der Waals surface area (Å²) in [4.78, 5) is 15.2. The van der Waals surface area contributed by atoms with E-state index in [1.54, 1.807) is 6.26 Å². The Morgan fingerprint density at radius 3 is 3.14 bits per heavy atom. The zero-order valence-electron chi connectivity index (χ0n) is 8.45. The highest BCUT2D eigenvalue weighted by molar-refractivity contribution is 5.75. The fraction of sp³-hybridized carbons (Fsp3) is 0.600. The summed E-state index contributed by atoms with van der Waals surface area (Å²) in [7, 11) is 0. The van der Waals surface area contributed by atoms with Crippen LogP contribution in [0, 0.1) is 0 Å². The zero-order chi connectivity index (χ0) is 10.2. The first-order valence-electron chi connectivity index (χ1n) is 4.96. The van der Waals surface area contributed by atoms with Crippen LogP contribution in [0.25, 0.3) is 0 Å². The fourth-order valence-electron chi connectivity index (χ4n) is 1.10. The maximum absolute atomic E-state index is 11.2. The van der Waals surface area contributed by atoms with Crippen molar-refractivity contribution in [1.82, 2.24) is 10.3 Å². The van der Waals surface area contributed by atoms with Crippen LogP contribution < -0.4 is 5.32 Å². The molecule has 0 unspecified atom stereocenters. The van der Waals surface area contributed by atoms with Crippen LogP contribution in [-0.4, -0.2) is 17.4 Å². The number of aryl methyl sites for hydroxylation is 1. The van der Waals surface area contributed by atoms with Gasteiger partial charge in [0, 0.05) is 19.4 Å². The molecular formula is C10H16N2O2. The Hall–Kier alpha value is -1.32. The van der Waals surface area contributed by atoms with E-state index < -0.39 is 0 Å². The monoisotopic (exact) mass is 196 g/mol. The molecule has 1 aromatic heterocycles. The van der Waals surface area contributed by atoms with Gasteiger partial charge in [0.2, 0.25) is 5.91 Å². The number of hydrogen-bond donors (Lipinski definition) is 1. The summed E-state index contributed by atoms with van der Waals surface area (Å²) in [6.45, 7) is 2.87. The summed E-state index contributed by atoms with van der Waals surface area (Å²) in [6.07, 6.45) is 6.22. The van der Waals surface area contributed by atoms with Crippen LogP contribution in [-0.2, 0) is 11.2 Å². The summed E-state index contributed by atoms with van der Waals surface area (Å²) in [5.74, 6) is 0.0847. The molecule has 0 radical (unpaired) electrons. The van der Waals surface area contributed by atoms with E-state index in [-0.39, 0.29) is 5.91 Å². The molecule has 0 saturated heterocycles. The lowest BCUT2D eigenvalue weighted by Gasteiger charge is -2.02. The van der Waals surface area contributed by atoms with Gasteiger partial charge in [-0.2, -0.15) is 0 Å². The van der Waals surface area contributed by atoms with Crippen molar-refractivity contribution in [3.8, 4) is 0 Å². The number of nitrogens with one attached hydrogen (secondary N) is 1. The average molecular weight is 196 g/mol. The van der Waals surface area contributed by atoms with Gasteiger partial charge in [-0.1, -0.05) is 13.3 Å². The van der Waals surface area contributed by atoms with E-state index in [0.717, 1.165) is 25.1 Å². The van der Waals surface area contributed by atoms with Gasteiger partial charge in [0.05, 0.1) is 5.69 Å². The summed E-state index contributed by atoms with van der Waals surface area (Å²) < 4.78 is 4.80. The van der Waals surface area contributed by atoms with Gasteiger partial charge in [0.1, 0.15) is 6.26 Å². The second-order valence-corrected chi connectivity index (χ2v) is 3.18. The van der Waals surface area contributed by atoms with E-state index in [1.165, 1.54) is 6.39 Å². The minimum absolute atomic E-state index is 0.0847. The second kappa shape index (κ2) is 6.18. The Morgan fingerprint density at radius 2 is 2.50 bits per heavy atom. The highest BCUT2D eigenvalue weighted by Crippen LogP contribution is 1.98. The third-order valence-corrected chi connectivity index (χ3v) is 1.94. The number of oxazole rings is 1.